The number of benzene rings is 2. The van der Waals surface area contributed by atoms with Crippen LogP contribution in [0.1, 0.15) is 10.5 Å². The normalized spacial score (nSPS) is 14.2. The van der Waals surface area contributed by atoms with Crippen molar-refractivity contribution in [3.8, 4) is 11.3 Å². The minimum atomic E-state index is -0.399. The molecule has 2 aromatic carbocycles. The van der Waals surface area contributed by atoms with E-state index in [1.54, 1.807) is 11.1 Å². The third-order valence-electron chi connectivity index (χ3n) is 5.46. The molecule has 1 N–H and O–H groups in total. The van der Waals surface area contributed by atoms with Gasteiger partial charge in [0.1, 0.15) is 0 Å². The number of nitrogens with zero attached hydrogens (tertiary/aromatic N) is 5. The monoisotopic (exact) mass is 434 g/mol. The lowest BCUT2D eigenvalue weighted by molar-refractivity contribution is 0.0742. The summed E-state index contributed by atoms with van der Waals surface area (Å²) in [5, 5.41) is 8.74. The zero-order chi connectivity index (χ0) is 21.4. The highest BCUT2D eigenvalue weighted by Gasteiger charge is 2.27. The molecule has 0 spiro atoms. The van der Waals surface area contributed by atoms with E-state index in [0.29, 0.717) is 36.9 Å². The van der Waals surface area contributed by atoms with Gasteiger partial charge >= 0.3 is 0 Å². The smallest absolute Gasteiger partial charge is 0.277 e. The molecule has 3 heterocycles. The Morgan fingerprint density at radius 3 is 2.42 bits per heavy atom. The number of anilines is 1. The van der Waals surface area contributed by atoms with Gasteiger partial charge in [-0.05, 0) is 17.7 Å². The number of fused-ring (bicyclic) bond motifs is 1. The molecular weight excluding hydrogens is 416 g/mol. The Hall–Kier alpha value is -3.65. The Morgan fingerprint density at radius 1 is 0.968 bits per heavy atom. The first-order valence-corrected chi connectivity index (χ1v) is 10.3. The second-order valence-corrected chi connectivity index (χ2v) is 7.73. The fourth-order valence-electron chi connectivity index (χ4n) is 3.85. The second kappa shape index (κ2) is 7.88. The minimum Gasteiger partial charge on any atom is -0.367 e. The van der Waals surface area contributed by atoms with Crippen molar-refractivity contribution < 1.29 is 4.79 Å². The van der Waals surface area contributed by atoms with Crippen LogP contribution >= 0.6 is 11.6 Å². The number of nitrogens with one attached hydrogen (secondary N) is 1. The molecule has 0 aliphatic carbocycles. The molecule has 0 bridgehead atoms. The summed E-state index contributed by atoms with van der Waals surface area (Å²) in [4.78, 5) is 32.6. The molecule has 0 unspecified atom stereocenters. The highest BCUT2D eigenvalue weighted by molar-refractivity contribution is 6.33. The van der Waals surface area contributed by atoms with Gasteiger partial charge in [-0.15, -0.1) is 5.10 Å². The molecule has 9 heteroatoms. The molecule has 0 atom stereocenters. The Morgan fingerprint density at radius 2 is 1.68 bits per heavy atom. The van der Waals surface area contributed by atoms with Gasteiger partial charge in [-0.3, -0.25) is 9.59 Å². The van der Waals surface area contributed by atoms with Crippen molar-refractivity contribution >= 4 is 28.7 Å². The van der Waals surface area contributed by atoms with Gasteiger partial charge in [-0.2, -0.15) is 0 Å². The Balaban J connectivity index is 1.38. The van der Waals surface area contributed by atoms with Crippen LogP contribution in [0.15, 0.2) is 65.6 Å². The number of hydrogen-bond donors (Lipinski definition) is 1. The summed E-state index contributed by atoms with van der Waals surface area (Å²) in [6.07, 6.45) is 1.67. The molecule has 0 radical (unpaired) electrons. The van der Waals surface area contributed by atoms with Crippen molar-refractivity contribution in [1.29, 1.82) is 0 Å². The number of rotatable bonds is 3. The van der Waals surface area contributed by atoms with Gasteiger partial charge < -0.3 is 14.8 Å². The maximum atomic E-state index is 13.1. The molecular formula is C22H19ClN6O2. The molecule has 156 valence electrons. The van der Waals surface area contributed by atoms with E-state index < -0.39 is 5.56 Å². The van der Waals surface area contributed by atoms with E-state index in [9.17, 15) is 9.59 Å². The first-order chi connectivity index (χ1) is 15.1. The van der Waals surface area contributed by atoms with Gasteiger partial charge in [0.2, 0.25) is 0 Å². The predicted molar refractivity (Wildman–Crippen MR) is 119 cm³/mol. The predicted octanol–water partition coefficient (Wildman–Crippen LogP) is 2.70. The van der Waals surface area contributed by atoms with Gasteiger partial charge in [0.15, 0.2) is 11.2 Å². The quantitative estimate of drug-likeness (QED) is 0.535. The molecule has 1 amide bonds. The van der Waals surface area contributed by atoms with Gasteiger partial charge in [0.05, 0.1) is 22.6 Å². The number of carbonyl (C=O) groups excluding carboxylic acids is 1. The molecule has 0 saturated carbocycles. The van der Waals surface area contributed by atoms with E-state index in [-0.39, 0.29) is 17.1 Å². The molecule has 31 heavy (non-hydrogen) atoms. The van der Waals surface area contributed by atoms with Crippen molar-refractivity contribution in [2.75, 3.05) is 31.1 Å². The number of piperazine rings is 1. The van der Waals surface area contributed by atoms with Crippen molar-refractivity contribution in [1.82, 2.24) is 24.7 Å². The number of H-pyrrole nitrogens is 1. The fraction of sp³-hybridized carbons (Fsp3) is 0.182. The van der Waals surface area contributed by atoms with Crippen molar-refractivity contribution in [3.63, 3.8) is 0 Å². The van der Waals surface area contributed by atoms with E-state index in [2.05, 4.69) is 20.2 Å². The summed E-state index contributed by atoms with van der Waals surface area (Å²) in [7, 11) is 0. The summed E-state index contributed by atoms with van der Waals surface area (Å²) in [5.74, 6) is -0.299. The molecule has 1 aliphatic rings. The van der Waals surface area contributed by atoms with E-state index in [4.69, 9.17) is 11.6 Å². The Bertz CT molecular complexity index is 1310. The zero-order valence-electron chi connectivity index (χ0n) is 16.5. The summed E-state index contributed by atoms with van der Waals surface area (Å²) in [6.45, 7) is 2.29. The number of aromatic nitrogens is 4. The van der Waals surface area contributed by atoms with Gasteiger partial charge in [0.25, 0.3) is 11.5 Å². The zero-order valence-corrected chi connectivity index (χ0v) is 17.3. The van der Waals surface area contributed by atoms with Crippen molar-refractivity contribution in [2.24, 2.45) is 0 Å². The van der Waals surface area contributed by atoms with Gasteiger partial charge in [0, 0.05) is 26.2 Å². The third kappa shape index (κ3) is 3.55. The molecule has 1 fully saturated rings. The van der Waals surface area contributed by atoms with E-state index >= 15 is 0 Å². The number of amides is 1. The van der Waals surface area contributed by atoms with Crippen LogP contribution in [0.4, 0.5) is 5.69 Å². The first-order valence-electron chi connectivity index (χ1n) is 9.94. The summed E-state index contributed by atoms with van der Waals surface area (Å²) in [5.41, 5.74) is 2.22. The minimum absolute atomic E-state index is 0.0621. The summed E-state index contributed by atoms with van der Waals surface area (Å²) < 4.78 is 1.37. The van der Waals surface area contributed by atoms with Crippen molar-refractivity contribution in [2.45, 2.75) is 0 Å². The summed E-state index contributed by atoms with van der Waals surface area (Å²) in [6, 6.07) is 17.1. The second-order valence-electron chi connectivity index (χ2n) is 7.32. The molecule has 5 rings (SSSR count). The van der Waals surface area contributed by atoms with E-state index in [0.717, 1.165) is 11.3 Å². The van der Waals surface area contributed by atoms with Gasteiger partial charge in [-0.1, -0.05) is 59.3 Å². The van der Waals surface area contributed by atoms with Crippen LogP contribution in [0.3, 0.4) is 0 Å². The Kier molecular flexibility index (Phi) is 4.91. The van der Waals surface area contributed by atoms with Crippen LogP contribution in [0.2, 0.25) is 5.02 Å². The number of para-hydroxylation sites is 1. The maximum absolute atomic E-state index is 13.1. The number of halogens is 1. The van der Waals surface area contributed by atoms with Crippen LogP contribution in [0, 0.1) is 0 Å². The molecule has 2 aromatic heterocycles. The number of carbonyl (C=O) groups is 1. The number of hydrogen-bond acceptors (Lipinski definition) is 5. The highest BCUT2D eigenvalue weighted by Crippen LogP contribution is 2.26. The fourth-order valence-corrected chi connectivity index (χ4v) is 4.10. The molecule has 1 aliphatic heterocycles. The topological polar surface area (TPSA) is 86.6 Å². The SMILES string of the molecule is O=C(c1nnn2cc(-c3ccccc3)[nH]c(=O)c12)N1CCN(c2ccccc2Cl)CC1. The average Bonchev–Trinajstić information content (AvgIpc) is 3.24. The average molecular weight is 435 g/mol. The van der Waals surface area contributed by atoms with E-state index in [1.165, 1.54) is 4.52 Å². The largest absolute Gasteiger partial charge is 0.367 e. The lowest BCUT2D eigenvalue weighted by Crippen LogP contribution is -2.49. The standard InChI is InChI=1S/C22H19ClN6O2/c23-16-8-4-5-9-18(16)27-10-12-28(13-11-27)22(31)19-20-21(30)24-17(14-29(20)26-25-19)15-6-2-1-3-7-15/h1-9,14H,10-13H2,(H,24,30). The lowest BCUT2D eigenvalue weighted by Gasteiger charge is -2.36. The molecule has 8 nitrogen and oxygen atoms in total. The molecule has 4 aromatic rings. The van der Waals surface area contributed by atoms with Crippen LogP contribution in [-0.4, -0.2) is 56.8 Å². The lowest BCUT2D eigenvalue weighted by atomic mass is 10.1. The van der Waals surface area contributed by atoms with E-state index in [1.807, 2.05) is 54.6 Å². The van der Waals surface area contributed by atoms with Crippen LogP contribution < -0.4 is 10.5 Å². The van der Waals surface area contributed by atoms with Crippen LogP contribution in [0.25, 0.3) is 16.8 Å². The summed E-state index contributed by atoms with van der Waals surface area (Å²) >= 11 is 6.30. The number of aromatic amines is 1. The van der Waals surface area contributed by atoms with Crippen LogP contribution in [-0.2, 0) is 0 Å². The van der Waals surface area contributed by atoms with Gasteiger partial charge in [-0.25, -0.2) is 4.52 Å². The van der Waals surface area contributed by atoms with Crippen LogP contribution in [0.5, 0.6) is 0 Å². The first kappa shape index (κ1) is 19.3. The Labute approximate surface area is 182 Å². The third-order valence-corrected chi connectivity index (χ3v) is 5.78. The highest BCUT2D eigenvalue weighted by atomic mass is 35.5. The maximum Gasteiger partial charge on any atom is 0.277 e. The van der Waals surface area contributed by atoms with Crippen molar-refractivity contribution in [3.05, 3.63) is 81.9 Å². The molecule has 1 saturated heterocycles.